The van der Waals surface area contributed by atoms with Gasteiger partial charge in [0.1, 0.15) is 5.52 Å². The van der Waals surface area contributed by atoms with E-state index in [1.54, 1.807) is 18.2 Å². The van der Waals surface area contributed by atoms with Crippen molar-refractivity contribution in [3.8, 4) is 0 Å². The zero-order valence-corrected chi connectivity index (χ0v) is 17.7. The summed E-state index contributed by atoms with van der Waals surface area (Å²) in [6.45, 7) is 7.30. The van der Waals surface area contributed by atoms with Crippen LogP contribution < -0.4 is 4.90 Å². The predicted octanol–water partition coefficient (Wildman–Crippen LogP) is 6.46. The Bertz CT molecular complexity index is 1050. The van der Waals surface area contributed by atoms with Gasteiger partial charge in [0.2, 0.25) is 5.95 Å². The lowest BCUT2D eigenvalue weighted by atomic mass is 10.0. The van der Waals surface area contributed by atoms with Crippen LogP contribution in [0.5, 0.6) is 0 Å². The zero-order valence-electron chi connectivity index (χ0n) is 15.4. The van der Waals surface area contributed by atoms with Crippen LogP contribution in [-0.4, -0.2) is 21.2 Å². The number of anilines is 2. The summed E-state index contributed by atoms with van der Waals surface area (Å²) in [6, 6.07) is 7.30. The second-order valence-electron chi connectivity index (χ2n) is 7.00. The highest BCUT2D eigenvalue weighted by atomic mass is 35.5. The van der Waals surface area contributed by atoms with Crippen molar-refractivity contribution in [3.05, 3.63) is 63.1 Å². The highest BCUT2D eigenvalue weighted by Gasteiger charge is 2.28. The second kappa shape index (κ2) is 7.60. The normalized spacial score (nSPS) is 15.0. The van der Waals surface area contributed by atoms with Gasteiger partial charge in [-0.25, -0.2) is 4.98 Å². The summed E-state index contributed by atoms with van der Waals surface area (Å²) in [6.07, 6.45) is 2.43. The third-order valence-electron chi connectivity index (χ3n) is 5.10. The molecule has 2 aromatic carbocycles. The summed E-state index contributed by atoms with van der Waals surface area (Å²) in [5.74, 6) is 0.772. The molecule has 0 amide bonds. The molecule has 28 heavy (non-hydrogen) atoms. The van der Waals surface area contributed by atoms with E-state index in [0.29, 0.717) is 27.0 Å². The number of aliphatic hydroxyl groups is 1. The molecule has 7 heteroatoms. The Morgan fingerprint density at radius 2 is 2.00 bits per heavy atom. The van der Waals surface area contributed by atoms with Crippen molar-refractivity contribution in [2.24, 2.45) is 0 Å². The summed E-state index contributed by atoms with van der Waals surface area (Å²) in [4.78, 5) is 6.96. The maximum atomic E-state index is 10.6. The standard InChI is InChI=1S/C21H20Cl3N3O/c1-3-5-17(28)14-6-7-15(23)18-20(14)27-9-4-8-26(21(27)25-18)19-12(2)10-13(22)11-16(19)24/h3,6-7,10-11,17,28H,1,4-5,8-9H2,2H3. The fourth-order valence-electron chi connectivity index (χ4n) is 3.93. The van der Waals surface area contributed by atoms with Crippen molar-refractivity contribution in [1.82, 2.24) is 9.55 Å². The van der Waals surface area contributed by atoms with Crippen LogP contribution in [0.2, 0.25) is 15.1 Å². The van der Waals surface area contributed by atoms with Crippen LogP contribution in [0.3, 0.4) is 0 Å². The summed E-state index contributed by atoms with van der Waals surface area (Å²) < 4.78 is 2.12. The monoisotopic (exact) mass is 435 g/mol. The first kappa shape index (κ1) is 19.6. The van der Waals surface area contributed by atoms with Crippen molar-refractivity contribution in [1.29, 1.82) is 0 Å². The van der Waals surface area contributed by atoms with Crippen LogP contribution in [0, 0.1) is 6.92 Å². The van der Waals surface area contributed by atoms with Crippen LogP contribution in [-0.2, 0) is 6.54 Å². The van der Waals surface area contributed by atoms with Gasteiger partial charge in [-0.05, 0) is 43.5 Å². The van der Waals surface area contributed by atoms with Gasteiger partial charge in [0.15, 0.2) is 0 Å². The van der Waals surface area contributed by atoms with Gasteiger partial charge in [0.05, 0.1) is 27.4 Å². The first-order valence-corrected chi connectivity index (χ1v) is 10.3. The first-order valence-electron chi connectivity index (χ1n) is 9.13. The minimum atomic E-state index is -0.658. The maximum absolute atomic E-state index is 10.6. The molecule has 1 aliphatic heterocycles. The van der Waals surface area contributed by atoms with Crippen molar-refractivity contribution in [2.45, 2.75) is 32.4 Å². The topological polar surface area (TPSA) is 41.3 Å². The molecule has 0 saturated heterocycles. The molecule has 1 N–H and O–H groups in total. The number of hydrogen-bond donors (Lipinski definition) is 1. The molecule has 3 aromatic rings. The van der Waals surface area contributed by atoms with Crippen LogP contribution >= 0.6 is 34.8 Å². The second-order valence-corrected chi connectivity index (χ2v) is 8.25. The van der Waals surface area contributed by atoms with Gasteiger partial charge in [-0.1, -0.05) is 46.9 Å². The number of fused-ring (bicyclic) bond motifs is 3. The van der Waals surface area contributed by atoms with Crippen LogP contribution in [0.15, 0.2) is 36.9 Å². The van der Waals surface area contributed by atoms with Gasteiger partial charge < -0.3 is 14.6 Å². The fourth-order valence-corrected chi connectivity index (χ4v) is 4.82. The Morgan fingerprint density at radius 1 is 1.21 bits per heavy atom. The van der Waals surface area contributed by atoms with Crippen LogP contribution in [0.1, 0.15) is 30.1 Å². The van der Waals surface area contributed by atoms with Gasteiger partial charge >= 0.3 is 0 Å². The molecule has 1 aliphatic rings. The van der Waals surface area contributed by atoms with Crippen molar-refractivity contribution in [3.63, 3.8) is 0 Å². The smallest absolute Gasteiger partial charge is 0.211 e. The summed E-state index contributed by atoms with van der Waals surface area (Å²) in [5.41, 5.74) is 4.23. The van der Waals surface area contributed by atoms with Gasteiger partial charge in [-0.15, -0.1) is 6.58 Å². The molecule has 0 saturated carbocycles. The van der Waals surface area contributed by atoms with Gasteiger partial charge in [0.25, 0.3) is 0 Å². The third-order valence-corrected chi connectivity index (χ3v) is 5.91. The average Bonchev–Trinajstić information content (AvgIpc) is 3.03. The molecule has 0 fully saturated rings. The number of hydrogen-bond acceptors (Lipinski definition) is 3. The number of imidazole rings is 1. The zero-order chi connectivity index (χ0) is 20.0. The molecule has 4 rings (SSSR count). The highest BCUT2D eigenvalue weighted by molar-refractivity contribution is 6.37. The summed E-state index contributed by atoms with van der Waals surface area (Å²) >= 11 is 19.2. The van der Waals surface area contributed by atoms with E-state index in [-0.39, 0.29) is 0 Å². The molecule has 0 bridgehead atoms. The van der Waals surface area contributed by atoms with Crippen molar-refractivity contribution >= 4 is 57.5 Å². The Morgan fingerprint density at radius 3 is 2.71 bits per heavy atom. The Hall–Kier alpha value is -1.72. The Labute approximate surface area is 178 Å². The SMILES string of the molecule is C=CCC(O)c1ccc(Cl)c2nc3n(c12)CCCN3c1c(C)cc(Cl)cc1Cl. The lowest BCUT2D eigenvalue weighted by Gasteiger charge is -2.31. The molecule has 2 heterocycles. The number of aliphatic hydroxyl groups excluding tert-OH is 1. The third kappa shape index (κ3) is 3.18. The number of halogens is 3. The van der Waals surface area contributed by atoms with Gasteiger partial charge in [-0.2, -0.15) is 0 Å². The first-order chi connectivity index (χ1) is 13.4. The molecule has 1 unspecified atom stereocenters. The molecule has 1 aromatic heterocycles. The predicted molar refractivity (Wildman–Crippen MR) is 117 cm³/mol. The van der Waals surface area contributed by atoms with E-state index >= 15 is 0 Å². The van der Waals surface area contributed by atoms with Crippen LogP contribution in [0.4, 0.5) is 11.6 Å². The lowest BCUT2D eigenvalue weighted by Crippen LogP contribution is -2.29. The maximum Gasteiger partial charge on any atom is 0.211 e. The summed E-state index contributed by atoms with van der Waals surface area (Å²) in [7, 11) is 0. The summed E-state index contributed by atoms with van der Waals surface area (Å²) in [5, 5.41) is 12.4. The van der Waals surface area contributed by atoms with E-state index < -0.39 is 6.10 Å². The van der Waals surface area contributed by atoms with E-state index in [4.69, 9.17) is 39.8 Å². The van der Waals surface area contributed by atoms with E-state index in [0.717, 1.165) is 47.8 Å². The van der Waals surface area contributed by atoms with E-state index in [2.05, 4.69) is 16.0 Å². The average molecular weight is 437 g/mol. The van der Waals surface area contributed by atoms with Gasteiger partial charge in [0, 0.05) is 23.7 Å². The minimum Gasteiger partial charge on any atom is -0.388 e. The Kier molecular flexibility index (Phi) is 5.32. The molecular weight excluding hydrogens is 417 g/mol. The quantitative estimate of drug-likeness (QED) is 0.477. The van der Waals surface area contributed by atoms with Crippen molar-refractivity contribution in [2.75, 3.05) is 11.4 Å². The molecule has 146 valence electrons. The Balaban J connectivity index is 1.95. The van der Waals surface area contributed by atoms with Crippen molar-refractivity contribution < 1.29 is 5.11 Å². The van der Waals surface area contributed by atoms with E-state index in [9.17, 15) is 5.11 Å². The molecule has 0 aliphatic carbocycles. The van der Waals surface area contributed by atoms with E-state index in [1.165, 1.54) is 0 Å². The molecule has 4 nitrogen and oxygen atoms in total. The lowest BCUT2D eigenvalue weighted by molar-refractivity contribution is 0.183. The number of benzene rings is 2. The van der Waals surface area contributed by atoms with Crippen LogP contribution in [0.25, 0.3) is 11.0 Å². The molecule has 0 radical (unpaired) electrons. The fraction of sp³-hybridized carbons (Fsp3) is 0.286. The number of rotatable bonds is 4. The number of nitrogens with zero attached hydrogens (tertiary/aromatic N) is 3. The highest BCUT2D eigenvalue weighted by Crippen LogP contribution is 2.42. The molecule has 0 spiro atoms. The molecular formula is C21H20Cl3N3O. The minimum absolute atomic E-state index is 0.461. The van der Waals surface area contributed by atoms with E-state index in [1.807, 2.05) is 19.1 Å². The van der Waals surface area contributed by atoms with Gasteiger partial charge in [-0.3, -0.25) is 0 Å². The largest absolute Gasteiger partial charge is 0.388 e. The molecule has 1 atom stereocenters. The number of aryl methyl sites for hydroxylation is 2. The number of aromatic nitrogens is 2.